The number of para-hydroxylation sites is 1. The number of benzene rings is 2. The number of fused-ring (bicyclic) bond motifs is 2. The Morgan fingerprint density at radius 2 is 1.83 bits per heavy atom. The van der Waals surface area contributed by atoms with Crippen LogP contribution in [0.5, 0.6) is 11.5 Å². The summed E-state index contributed by atoms with van der Waals surface area (Å²) < 4.78 is 11.4. The van der Waals surface area contributed by atoms with Gasteiger partial charge in [-0.25, -0.2) is 0 Å². The van der Waals surface area contributed by atoms with Crippen molar-refractivity contribution in [3.05, 3.63) is 46.6 Å². The molecule has 1 saturated heterocycles. The fourth-order valence-electron chi connectivity index (χ4n) is 3.68. The molecule has 0 bridgehead atoms. The molecule has 3 aromatic rings. The molecule has 1 aliphatic rings. The smallest absolute Gasteiger partial charge is 0.290 e. The first-order valence-corrected chi connectivity index (χ1v) is 9.73. The number of H-pyrrole nitrogens is 1. The van der Waals surface area contributed by atoms with Crippen LogP contribution in [0.25, 0.3) is 21.8 Å². The molecule has 0 unspecified atom stereocenters. The van der Waals surface area contributed by atoms with E-state index in [4.69, 9.17) is 19.4 Å². The summed E-state index contributed by atoms with van der Waals surface area (Å²) >= 11 is 0. The third-order valence-corrected chi connectivity index (χ3v) is 5.06. The zero-order valence-corrected chi connectivity index (χ0v) is 16.5. The standard InChI is InChI=1S/C21H24N2O3.CH2O2/c1-25-19-13-16-18(22-17-8-3-2-7-15(17)21(16)24)14-20(19)26-12-6-11-23-9-4-5-10-23;2-1-3/h2-3,7-8,13-14H,4-6,9-12H2,1H3,(H,22,24);1H,(H,2,3). The zero-order valence-electron chi connectivity index (χ0n) is 16.5. The molecule has 1 aromatic heterocycles. The molecule has 7 heteroatoms. The van der Waals surface area contributed by atoms with Crippen molar-refractivity contribution in [3.63, 3.8) is 0 Å². The lowest BCUT2D eigenvalue weighted by molar-refractivity contribution is -0.122. The lowest BCUT2D eigenvalue weighted by Crippen LogP contribution is -2.22. The first-order chi connectivity index (χ1) is 14.2. The Kier molecular flexibility index (Phi) is 7.08. The van der Waals surface area contributed by atoms with Gasteiger partial charge in [-0.2, -0.15) is 0 Å². The summed E-state index contributed by atoms with van der Waals surface area (Å²) in [6, 6.07) is 11.2. The normalized spacial score (nSPS) is 13.8. The van der Waals surface area contributed by atoms with Crippen molar-refractivity contribution in [3.8, 4) is 11.5 Å². The molecular formula is C22H26N2O5. The lowest BCUT2D eigenvalue weighted by atomic mass is 10.1. The number of ether oxygens (including phenoxy) is 2. The topological polar surface area (TPSA) is 91.9 Å². The number of rotatable bonds is 6. The number of likely N-dealkylation sites (tertiary alicyclic amines) is 1. The minimum atomic E-state index is -0.250. The quantitative estimate of drug-likeness (QED) is 0.376. The van der Waals surface area contributed by atoms with Crippen molar-refractivity contribution < 1.29 is 19.4 Å². The van der Waals surface area contributed by atoms with E-state index in [2.05, 4.69) is 9.88 Å². The number of methoxy groups -OCH3 is 1. The molecule has 154 valence electrons. The largest absolute Gasteiger partial charge is 0.493 e. The van der Waals surface area contributed by atoms with Gasteiger partial charge in [-0.15, -0.1) is 0 Å². The Morgan fingerprint density at radius 1 is 1.10 bits per heavy atom. The molecule has 0 saturated carbocycles. The van der Waals surface area contributed by atoms with Crippen LogP contribution < -0.4 is 14.9 Å². The summed E-state index contributed by atoms with van der Waals surface area (Å²) in [5.74, 6) is 1.27. The fourth-order valence-corrected chi connectivity index (χ4v) is 3.68. The third-order valence-electron chi connectivity index (χ3n) is 5.06. The maximum Gasteiger partial charge on any atom is 0.290 e. The van der Waals surface area contributed by atoms with Gasteiger partial charge in [-0.3, -0.25) is 9.59 Å². The molecule has 7 nitrogen and oxygen atoms in total. The summed E-state index contributed by atoms with van der Waals surface area (Å²) in [4.78, 5) is 26.9. The molecule has 0 aliphatic carbocycles. The average molecular weight is 398 g/mol. The van der Waals surface area contributed by atoms with Crippen LogP contribution in [0.4, 0.5) is 0 Å². The van der Waals surface area contributed by atoms with E-state index in [9.17, 15) is 4.79 Å². The van der Waals surface area contributed by atoms with Crippen LogP contribution in [-0.4, -0.2) is 54.8 Å². The minimum absolute atomic E-state index is 0.00762. The maximum atomic E-state index is 12.8. The highest BCUT2D eigenvalue weighted by atomic mass is 16.5. The van der Waals surface area contributed by atoms with Crippen LogP contribution in [0.3, 0.4) is 0 Å². The molecule has 29 heavy (non-hydrogen) atoms. The van der Waals surface area contributed by atoms with E-state index < -0.39 is 0 Å². The van der Waals surface area contributed by atoms with Gasteiger partial charge in [0.25, 0.3) is 6.47 Å². The summed E-state index contributed by atoms with van der Waals surface area (Å²) in [7, 11) is 1.60. The molecule has 1 fully saturated rings. The first-order valence-electron chi connectivity index (χ1n) is 9.73. The van der Waals surface area contributed by atoms with Crippen molar-refractivity contribution in [1.82, 2.24) is 9.88 Å². The van der Waals surface area contributed by atoms with E-state index in [-0.39, 0.29) is 11.9 Å². The number of nitrogens with one attached hydrogen (secondary N) is 1. The molecular weight excluding hydrogens is 372 g/mol. The Hall–Kier alpha value is -3.06. The summed E-state index contributed by atoms with van der Waals surface area (Å²) in [5.41, 5.74) is 1.60. The maximum absolute atomic E-state index is 12.8. The zero-order chi connectivity index (χ0) is 20.6. The van der Waals surface area contributed by atoms with Crippen LogP contribution in [0.1, 0.15) is 19.3 Å². The second kappa shape index (κ2) is 9.93. The number of carbonyl (C=O) groups is 1. The third kappa shape index (κ3) is 4.86. The number of aromatic nitrogens is 1. The fraction of sp³-hybridized carbons (Fsp3) is 0.364. The van der Waals surface area contributed by atoms with Gasteiger partial charge in [-0.1, -0.05) is 12.1 Å². The van der Waals surface area contributed by atoms with E-state index in [0.717, 1.165) is 24.0 Å². The van der Waals surface area contributed by atoms with E-state index >= 15 is 0 Å². The number of carboxylic acid groups (broad SMARTS) is 1. The van der Waals surface area contributed by atoms with E-state index in [1.807, 2.05) is 30.3 Å². The minimum Gasteiger partial charge on any atom is -0.493 e. The van der Waals surface area contributed by atoms with Crippen molar-refractivity contribution in [1.29, 1.82) is 0 Å². The van der Waals surface area contributed by atoms with Gasteiger partial charge >= 0.3 is 0 Å². The van der Waals surface area contributed by atoms with E-state index in [1.165, 1.54) is 25.9 Å². The number of pyridine rings is 1. The van der Waals surface area contributed by atoms with E-state index in [0.29, 0.717) is 28.9 Å². The summed E-state index contributed by atoms with van der Waals surface area (Å²) in [6.45, 7) is 3.86. The van der Waals surface area contributed by atoms with Gasteiger partial charge in [0.2, 0.25) is 0 Å². The van der Waals surface area contributed by atoms with Gasteiger partial charge in [-0.05, 0) is 50.6 Å². The molecule has 0 radical (unpaired) electrons. The monoisotopic (exact) mass is 398 g/mol. The average Bonchev–Trinajstić information content (AvgIpc) is 3.25. The van der Waals surface area contributed by atoms with Gasteiger partial charge in [0.15, 0.2) is 16.9 Å². The second-order valence-corrected chi connectivity index (χ2v) is 6.90. The van der Waals surface area contributed by atoms with Crippen LogP contribution >= 0.6 is 0 Å². The molecule has 2 N–H and O–H groups in total. The van der Waals surface area contributed by atoms with Crippen LogP contribution in [0.2, 0.25) is 0 Å². The van der Waals surface area contributed by atoms with Crippen LogP contribution in [0.15, 0.2) is 41.2 Å². The van der Waals surface area contributed by atoms with Crippen molar-refractivity contribution >= 4 is 28.3 Å². The van der Waals surface area contributed by atoms with Crippen molar-refractivity contribution in [2.24, 2.45) is 0 Å². The lowest BCUT2D eigenvalue weighted by Gasteiger charge is -2.16. The Bertz CT molecular complexity index is 1020. The molecule has 0 atom stereocenters. The molecule has 0 amide bonds. The molecule has 4 rings (SSSR count). The number of aromatic amines is 1. The highest BCUT2D eigenvalue weighted by Crippen LogP contribution is 2.31. The van der Waals surface area contributed by atoms with Crippen LogP contribution in [-0.2, 0) is 4.79 Å². The Morgan fingerprint density at radius 3 is 2.55 bits per heavy atom. The number of nitrogens with zero attached hydrogens (tertiary/aromatic N) is 1. The van der Waals surface area contributed by atoms with Gasteiger partial charge in [0.1, 0.15) is 0 Å². The highest BCUT2D eigenvalue weighted by molar-refractivity contribution is 5.93. The van der Waals surface area contributed by atoms with Crippen molar-refractivity contribution in [2.45, 2.75) is 19.3 Å². The molecule has 1 aliphatic heterocycles. The van der Waals surface area contributed by atoms with Gasteiger partial charge in [0, 0.05) is 23.5 Å². The van der Waals surface area contributed by atoms with Gasteiger partial charge < -0.3 is 24.5 Å². The molecule has 2 heterocycles. The van der Waals surface area contributed by atoms with Gasteiger partial charge in [0.05, 0.1) is 24.6 Å². The SMILES string of the molecule is COc1cc2c(=O)c3ccccc3[nH]c2cc1OCCCN1CCCC1.O=CO. The number of hydrogen-bond donors (Lipinski definition) is 2. The highest BCUT2D eigenvalue weighted by Gasteiger charge is 2.13. The summed E-state index contributed by atoms with van der Waals surface area (Å²) in [5, 5.41) is 8.19. The summed E-state index contributed by atoms with van der Waals surface area (Å²) in [6.07, 6.45) is 3.59. The molecule has 0 spiro atoms. The van der Waals surface area contributed by atoms with Crippen molar-refractivity contribution in [2.75, 3.05) is 33.4 Å². The first kappa shape index (κ1) is 20.7. The number of hydrogen-bond acceptors (Lipinski definition) is 5. The van der Waals surface area contributed by atoms with E-state index in [1.54, 1.807) is 13.2 Å². The second-order valence-electron chi connectivity index (χ2n) is 6.90. The molecule has 2 aromatic carbocycles. The Labute approximate surface area is 168 Å². The predicted molar refractivity (Wildman–Crippen MR) is 113 cm³/mol. The van der Waals surface area contributed by atoms with Crippen LogP contribution in [0, 0.1) is 0 Å². The predicted octanol–water partition coefficient (Wildman–Crippen LogP) is 3.26. The Balaban J connectivity index is 0.000000755.